The maximum atomic E-state index is 13.2. The van der Waals surface area contributed by atoms with Gasteiger partial charge in [-0.2, -0.15) is 0 Å². The van der Waals surface area contributed by atoms with Crippen molar-refractivity contribution in [2.45, 2.75) is 26.2 Å². The predicted octanol–water partition coefficient (Wildman–Crippen LogP) is 5.72. The van der Waals surface area contributed by atoms with Crippen LogP contribution in [-0.4, -0.2) is 35.5 Å². The van der Waals surface area contributed by atoms with Gasteiger partial charge in [0.15, 0.2) is 0 Å². The molecule has 0 bridgehead atoms. The van der Waals surface area contributed by atoms with Crippen LogP contribution in [0.2, 0.25) is 0 Å². The van der Waals surface area contributed by atoms with Crippen LogP contribution in [0.15, 0.2) is 85.2 Å². The van der Waals surface area contributed by atoms with Crippen LogP contribution in [0.4, 0.5) is 5.69 Å². The molecule has 0 fully saturated rings. The van der Waals surface area contributed by atoms with E-state index in [0.29, 0.717) is 12.1 Å². The SMILES string of the molecule is CCCCN(CCCNC(=O)c1cc(-c2ccncc2)nc2ccccc12)c1ccccc1. The van der Waals surface area contributed by atoms with E-state index in [2.05, 4.69) is 46.4 Å². The number of aromatic nitrogens is 2. The number of hydrogen-bond acceptors (Lipinski definition) is 4. The molecule has 5 heteroatoms. The van der Waals surface area contributed by atoms with E-state index in [1.54, 1.807) is 12.4 Å². The van der Waals surface area contributed by atoms with Crippen LogP contribution in [0.3, 0.4) is 0 Å². The lowest BCUT2D eigenvalue weighted by atomic mass is 10.0. The van der Waals surface area contributed by atoms with E-state index in [4.69, 9.17) is 4.98 Å². The van der Waals surface area contributed by atoms with E-state index in [9.17, 15) is 4.79 Å². The van der Waals surface area contributed by atoms with Crippen LogP contribution in [0.1, 0.15) is 36.5 Å². The summed E-state index contributed by atoms with van der Waals surface area (Å²) in [6.07, 6.45) is 6.67. The number of benzene rings is 2. The van der Waals surface area contributed by atoms with Crippen molar-refractivity contribution < 1.29 is 4.79 Å². The molecule has 2 aromatic heterocycles. The Labute approximate surface area is 195 Å². The molecule has 0 radical (unpaired) electrons. The van der Waals surface area contributed by atoms with Crippen LogP contribution in [0.25, 0.3) is 22.2 Å². The third kappa shape index (κ3) is 5.75. The summed E-state index contributed by atoms with van der Waals surface area (Å²) < 4.78 is 0. The van der Waals surface area contributed by atoms with Crippen LogP contribution in [0, 0.1) is 0 Å². The summed E-state index contributed by atoms with van der Waals surface area (Å²) in [5, 5.41) is 3.99. The molecule has 4 aromatic rings. The fraction of sp³-hybridized carbons (Fsp3) is 0.250. The molecule has 2 aromatic carbocycles. The lowest BCUT2D eigenvalue weighted by Crippen LogP contribution is -2.30. The van der Waals surface area contributed by atoms with Crippen molar-refractivity contribution in [3.05, 3.63) is 90.8 Å². The molecule has 0 unspecified atom stereocenters. The zero-order valence-electron chi connectivity index (χ0n) is 19.1. The van der Waals surface area contributed by atoms with Gasteiger partial charge in [0.1, 0.15) is 0 Å². The average molecular weight is 439 g/mol. The number of rotatable bonds is 10. The first-order chi connectivity index (χ1) is 16.3. The first-order valence-electron chi connectivity index (χ1n) is 11.6. The van der Waals surface area contributed by atoms with Gasteiger partial charge in [-0.25, -0.2) is 4.98 Å². The Balaban J connectivity index is 1.45. The number of unbranched alkanes of at least 4 members (excludes halogenated alkanes) is 1. The van der Waals surface area contributed by atoms with Crippen molar-refractivity contribution in [1.29, 1.82) is 0 Å². The lowest BCUT2D eigenvalue weighted by Gasteiger charge is -2.25. The summed E-state index contributed by atoms with van der Waals surface area (Å²) in [7, 11) is 0. The smallest absolute Gasteiger partial charge is 0.252 e. The zero-order valence-corrected chi connectivity index (χ0v) is 19.1. The normalized spacial score (nSPS) is 10.8. The third-order valence-electron chi connectivity index (χ3n) is 5.73. The van der Waals surface area contributed by atoms with Gasteiger partial charge >= 0.3 is 0 Å². The molecule has 168 valence electrons. The second-order valence-corrected chi connectivity index (χ2v) is 8.09. The van der Waals surface area contributed by atoms with Gasteiger partial charge in [-0.1, -0.05) is 49.7 Å². The first-order valence-corrected chi connectivity index (χ1v) is 11.6. The number of fused-ring (bicyclic) bond motifs is 1. The first kappa shape index (κ1) is 22.5. The highest BCUT2D eigenvalue weighted by atomic mass is 16.1. The van der Waals surface area contributed by atoms with Crippen molar-refractivity contribution in [2.75, 3.05) is 24.5 Å². The van der Waals surface area contributed by atoms with Gasteiger partial charge in [0, 0.05) is 48.7 Å². The van der Waals surface area contributed by atoms with Gasteiger partial charge in [0.2, 0.25) is 0 Å². The maximum absolute atomic E-state index is 13.2. The summed E-state index contributed by atoms with van der Waals surface area (Å²) >= 11 is 0. The third-order valence-corrected chi connectivity index (χ3v) is 5.73. The summed E-state index contributed by atoms with van der Waals surface area (Å²) in [5.74, 6) is -0.0660. The molecular formula is C28H30N4O. The van der Waals surface area contributed by atoms with Crippen LogP contribution < -0.4 is 10.2 Å². The number of carbonyl (C=O) groups excluding carboxylic acids is 1. The lowest BCUT2D eigenvalue weighted by molar-refractivity contribution is 0.0955. The minimum Gasteiger partial charge on any atom is -0.371 e. The Bertz CT molecular complexity index is 1180. The molecule has 0 aliphatic carbocycles. The molecule has 1 N–H and O–H groups in total. The van der Waals surface area contributed by atoms with Gasteiger partial charge in [0.25, 0.3) is 5.91 Å². The van der Waals surface area contributed by atoms with Gasteiger partial charge in [-0.3, -0.25) is 9.78 Å². The van der Waals surface area contributed by atoms with Gasteiger partial charge in [-0.05, 0) is 49.2 Å². The number of nitrogens with one attached hydrogen (secondary N) is 1. The number of anilines is 1. The molecule has 0 aliphatic rings. The second-order valence-electron chi connectivity index (χ2n) is 8.09. The quantitative estimate of drug-likeness (QED) is 0.322. The Hall–Kier alpha value is -3.73. The number of nitrogens with zero attached hydrogens (tertiary/aromatic N) is 3. The molecule has 0 spiro atoms. The standard InChI is InChI=1S/C28H30N4O/c1-2-3-19-32(23-10-5-4-6-11-23)20-9-16-30-28(33)25-21-27(22-14-17-29-18-15-22)31-26-13-8-7-12-24(25)26/h4-8,10-15,17-18,21H,2-3,9,16,19-20H2,1H3,(H,30,33). The molecule has 0 saturated heterocycles. The predicted molar refractivity (Wildman–Crippen MR) is 135 cm³/mol. The summed E-state index contributed by atoms with van der Waals surface area (Å²) in [6, 6.07) is 24.0. The van der Waals surface area contributed by atoms with E-state index in [1.165, 1.54) is 5.69 Å². The summed E-state index contributed by atoms with van der Waals surface area (Å²) in [5.41, 5.74) is 4.42. The van der Waals surface area contributed by atoms with Crippen LogP contribution in [-0.2, 0) is 0 Å². The van der Waals surface area contributed by atoms with Crippen LogP contribution >= 0.6 is 0 Å². The Morgan fingerprint density at radius 3 is 2.42 bits per heavy atom. The zero-order chi connectivity index (χ0) is 22.9. The maximum Gasteiger partial charge on any atom is 0.252 e. The highest BCUT2D eigenvalue weighted by molar-refractivity contribution is 6.07. The Morgan fingerprint density at radius 2 is 1.64 bits per heavy atom. The van der Waals surface area contributed by atoms with Gasteiger partial charge in [-0.15, -0.1) is 0 Å². The number of amides is 1. The van der Waals surface area contributed by atoms with Crippen molar-refractivity contribution in [3.8, 4) is 11.3 Å². The second kappa shape index (κ2) is 11.2. The molecule has 5 nitrogen and oxygen atoms in total. The number of para-hydroxylation sites is 2. The molecule has 33 heavy (non-hydrogen) atoms. The van der Waals surface area contributed by atoms with E-state index < -0.39 is 0 Å². The summed E-state index contributed by atoms with van der Waals surface area (Å²) in [6.45, 7) is 4.76. The molecule has 0 atom stereocenters. The van der Waals surface area contributed by atoms with Crippen molar-refractivity contribution >= 4 is 22.5 Å². The monoisotopic (exact) mass is 438 g/mol. The fourth-order valence-electron chi connectivity index (χ4n) is 3.96. The molecule has 0 aliphatic heterocycles. The molecular weight excluding hydrogens is 408 g/mol. The topological polar surface area (TPSA) is 58.1 Å². The van der Waals surface area contributed by atoms with Crippen molar-refractivity contribution in [3.63, 3.8) is 0 Å². The van der Waals surface area contributed by atoms with E-state index >= 15 is 0 Å². The number of carbonyl (C=O) groups is 1. The van der Waals surface area contributed by atoms with E-state index in [-0.39, 0.29) is 5.91 Å². The average Bonchev–Trinajstić information content (AvgIpc) is 2.88. The highest BCUT2D eigenvalue weighted by Crippen LogP contribution is 2.24. The Morgan fingerprint density at radius 1 is 0.909 bits per heavy atom. The molecule has 0 saturated carbocycles. The van der Waals surface area contributed by atoms with E-state index in [1.807, 2.05) is 48.5 Å². The fourth-order valence-corrected chi connectivity index (χ4v) is 3.96. The minimum atomic E-state index is -0.0660. The van der Waals surface area contributed by atoms with Crippen LogP contribution in [0.5, 0.6) is 0 Å². The summed E-state index contributed by atoms with van der Waals surface area (Å²) in [4.78, 5) is 24.4. The van der Waals surface area contributed by atoms with Gasteiger partial charge < -0.3 is 10.2 Å². The Kier molecular flexibility index (Phi) is 7.64. The molecule has 1 amide bonds. The number of pyridine rings is 2. The van der Waals surface area contributed by atoms with E-state index in [0.717, 1.165) is 54.5 Å². The van der Waals surface area contributed by atoms with Crippen molar-refractivity contribution in [1.82, 2.24) is 15.3 Å². The van der Waals surface area contributed by atoms with Gasteiger partial charge in [0.05, 0.1) is 16.8 Å². The minimum absolute atomic E-state index is 0.0660. The number of hydrogen-bond donors (Lipinski definition) is 1. The molecule has 4 rings (SSSR count). The van der Waals surface area contributed by atoms with Crippen molar-refractivity contribution in [2.24, 2.45) is 0 Å². The molecule has 2 heterocycles. The highest BCUT2D eigenvalue weighted by Gasteiger charge is 2.14. The largest absolute Gasteiger partial charge is 0.371 e.